The summed E-state index contributed by atoms with van der Waals surface area (Å²) in [6.07, 6.45) is 9.71. The van der Waals surface area contributed by atoms with Crippen LogP contribution in [0.5, 0.6) is 0 Å². The molecule has 0 atom stereocenters. The fraction of sp³-hybridized carbons (Fsp3) is 0.522. The minimum atomic E-state index is 0.463. The van der Waals surface area contributed by atoms with Crippen LogP contribution in [0, 0.1) is 5.92 Å². The van der Waals surface area contributed by atoms with Crippen LogP contribution in [0.25, 0.3) is 11.1 Å². The second kappa shape index (κ2) is 15.0. The molecular weight excluding hydrogens is 449 g/mol. The molecule has 0 saturated carbocycles. The topological polar surface area (TPSA) is 88.2 Å². The Morgan fingerprint density at radius 1 is 1.09 bits per heavy atom. The number of nitrogens with one attached hydrogen (secondary N) is 3. The highest BCUT2D eigenvalue weighted by Crippen LogP contribution is 2.32. The molecule has 2 aromatic heterocycles. The molecule has 0 amide bonds. The van der Waals surface area contributed by atoms with E-state index in [1.54, 1.807) is 12.4 Å². The van der Waals surface area contributed by atoms with Crippen molar-refractivity contribution in [1.82, 2.24) is 15.3 Å². The van der Waals surface area contributed by atoms with Gasteiger partial charge in [-0.2, -0.15) is 0 Å². The average Bonchev–Trinajstić information content (AvgIpc) is 2.87. The maximum atomic E-state index is 8.00. The summed E-state index contributed by atoms with van der Waals surface area (Å²) in [6.45, 7) is 7.02. The number of carbonyl (C=O) groups is 1. The Bertz CT molecular complexity index is 803. The highest BCUT2D eigenvalue weighted by Gasteiger charge is 2.15. The largest absolute Gasteiger partial charge is 0.382 e. The van der Waals surface area contributed by atoms with Gasteiger partial charge < -0.3 is 25.5 Å². The molecule has 4 rings (SSSR count). The zero-order valence-electron chi connectivity index (χ0n) is 18.6. The molecule has 2 aliphatic rings. The van der Waals surface area contributed by atoms with Gasteiger partial charge in [0.25, 0.3) is 0 Å². The van der Waals surface area contributed by atoms with Gasteiger partial charge in [-0.25, -0.2) is 9.97 Å². The van der Waals surface area contributed by atoms with Crippen LogP contribution in [0.1, 0.15) is 32.1 Å². The molecule has 0 radical (unpaired) electrons. The van der Waals surface area contributed by atoms with Crippen LogP contribution in [0.4, 0.5) is 11.5 Å². The lowest BCUT2D eigenvalue weighted by Crippen LogP contribution is -2.22. The van der Waals surface area contributed by atoms with Crippen LogP contribution in [0.2, 0.25) is 10.2 Å². The fourth-order valence-corrected chi connectivity index (χ4v) is 3.91. The summed E-state index contributed by atoms with van der Waals surface area (Å²) in [5.41, 5.74) is 2.59. The van der Waals surface area contributed by atoms with E-state index in [2.05, 4.69) is 25.9 Å². The zero-order valence-corrected chi connectivity index (χ0v) is 20.1. The van der Waals surface area contributed by atoms with Crippen molar-refractivity contribution in [3.8, 4) is 11.1 Å². The van der Waals surface area contributed by atoms with Crippen LogP contribution >= 0.6 is 23.2 Å². The van der Waals surface area contributed by atoms with Gasteiger partial charge in [-0.3, -0.25) is 0 Å². The molecule has 0 aromatic carbocycles. The van der Waals surface area contributed by atoms with Crippen molar-refractivity contribution in [2.45, 2.75) is 32.1 Å². The van der Waals surface area contributed by atoms with Gasteiger partial charge in [-0.15, -0.1) is 0 Å². The summed E-state index contributed by atoms with van der Waals surface area (Å²) in [4.78, 5) is 16.5. The van der Waals surface area contributed by atoms with Crippen molar-refractivity contribution in [2.24, 2.45) is 5.92 Å². The lowest BCUT2D eigenvalue weighted by Gasteiger charge is -2.23. The van der Waals surface area contributed by atoms with Crippen molar-refractivity contribution < 1.29 is 9.53 Å². The first kappa shape index (κ1) is 26.3. The molecule has 2 aromatic rings. The molecule has 0 unspecified atom stereocenters. The molecule has 32 heavy (non-hydrogen) atoms. The number of halogens is 2. The molecule has 0 spiro atoms. The Kier molecular flexibility index (Phi) is 12.3. The summed E-state index contributed by atoms with van der Waals surface area (Å²) >= 11 is 12.5. The summed E-state index contributed by atoms with van der Waals surface area (Å²) in [7, 11) is 1.82. The number of piperidine rings is 1. The van der Waals surface area contributed by atoms with Gasteiger partial charge in [0, 0.05) is 50.3 Å². The van der Waals surface area contributed by atoms with Gasteiger partial charge >= 0.3 is 0 Å². The van der Waals surface area contributed by atoms with E-state index in [0.29, 0.717) is 16.1 Å². The number of nitrogens with zero attached hydrogens (tertiary/aromatic N) is 2. The van der Waals surface area contributed by atoms with E-state index < -0.39 is 0 Å². The molecule has 3 N–H and O–H groups in total. The first-order chi connectivity index (χ1) is 15.7. The lowest BCUT2D eigenvalue weighted by atomic mass is 10.0. The second-order valence-corrected chi connectivity index (χ2v) is 8.37. The second-order valence-electron chi connectivity index (χ2n) is 7.61. The number of anilines is 2. The van der Waals surface area contributed by atoms with Gasteiger partial charge in [0.15, 0.2) is 5.15 Å². The predicted molar refractivity (Wildman–Crippen MR) is 133 cm³/mol. The first-order valence-corrected chi connectivity index (χ1v) is 11.7. The first-order valence-electron chi connectivity index (χ1n) is 11.0. The Hall–Kier alpha value is -1.93. The van der Waals surface area contributed by atoms with Crippen LogP contribution < -0.4 is 16.0 Å². The Morgan fingerprint density at radius 3 is 2.41 bits per heavy atom. The fourth-order valence-electron chi connectivity index (χ4n) is 3.52. The van der Waals surface area contributed by atoms with Crippen molar-refractivity contribution in [3.63, 3.8) is 0 Å². The third kappa shape index (κ3) is 8.54. The zero-order chi connectivity index (χ0) is 23.2. The normalized spacial score (nSPS) is 16.1. The third-order valence-corrected chi connectivity index (χ3v) is 5.99. The molecule has 0 aliphatic carbocycles. The van der Waals surface area contributed by atoms with Crippen LogP contribution in [-0.4, -0.2) is 56.7 Å². The molecule has 9 heteroatoms. The lowest BCUT2D eigenvalue weighted by molar-refractivity contribution is -0.0979. The molecular formula is C23H33Cl2N5O2. The summed E-state index contributed by atoms with van der Waals surface area (Å²) in [5.74, 6) is 1.35. The summed E-state index contributed by atoms with van der Waals surface area (Å²) < 4.78 is 5.39. The van der Waals surface area contributed by atoms with Gasteiger partial charge in [-0.05, 0) is 56.8 Å². The van der Waals surface area contributed by atoms with E-state index in [0.717, 1.165) is 55.2 Å². The van der Waals surface area contributed by atoms with Crippen molar-refractivity contribution in [3.05, 3.63) is 34.7 Å². The number of hydrogen-bond acceptors (Lipinski definition) is 7. The number of carbonyl (C=O) groups excluding carboxylic acids is 1. The number of aromatic nitrogens is 2. The van der Waals surface area contributed by atoms with Crippen LogP contribution in [-0.2, 0) is 9.53 Å². The number of hydrogen-bond donors (Lipinski definition) is 3. The Morgan fingerprint density at radius 2 is 1.81 bits per heavy atom. The molecule has 4 heterocycles. The predicted octanol–water partition coefficient (Wildman–Crippen LogP) is 4.91. The monoisotopic (exact) mass is 481 g/mol. The van der Waals surface area contributed by atoms with Gasteiger partial charge in [0.1, 0.15) is 12.6 Å². The smallest absolute Gasteiger partial charge is 0.152 e. The minimum Gasteiger partial charge on any atom is -0.382 e. The van der Waals surface area contributed by atoms with Crippen LogP contribution in [0.3, 0.4) is 0 Å². The molecule has 176 valence electrons. The maximum Gasteiger partial charge on any atom is 0.152 e. The van der Waals surface area contributed by atoms with Gasteiger partial charge in [0.05, 0.1) is 10.7 Å². The van der Waals surface area contributed by atoms with Gasteiger partial charge in [0.2, 0.25) is 0 Å². The third-order valence-electron chi connectivity index (χ3n) is 5.39. The summed E-state index contributed by atoms with van der Waals surface area (Å²) in [5, 5.41) is 10.8. The number of pyridine rings is 2. The summed E-state index contributed by atoms with van der Waals surface area (Å²) in [6, 6.07) is 3.88. The number of rotatable bonds is 5. The molecule has 2 saturated heterocycles. The Balaban J connectivity index is 0.000000387. The highest BCUT2D eigenvalue weighted by atomic mass is 35.5. The quantitative estimate of drug-likeness (QED) is 0.522. The van der Waals surface area contributed by atoms with E-state index in [1.807, 2.05) is 26.0 Å². The van der Waals surface area contributed by atoms with E-state index in [-0.39, 0.29) is 0 Å². The van der Waals surface area contributed by atoms with E-state index >= 15 is 0 Å². The van der Waals surface area contributed by atoms with Crippen molar-refractivity contribution in [1.29, 1.82) is 0 Å². The molecule has 7 nitrogen and oxygen atoms in total. The highest BCUT2D eigenvalue weighted by molar-refractivity contribution is 6.33. The van der Waals surface area contributed by atoms with E-state index in [4.69, 9.17) is 32.7 Å². The van der Waals surface area contributed by atoms with Crippen LogP contribution in [0.15, 0.2) is 24.5 Å². The number of ether oxygens (including phenoxy) is 1. The van der Waals surface area contributed by atoms with Gasteiger partial charge in [-0.1, -0.05) is 29.6 Å². The van der Waals surface area contributed by atoms with E-state index in [9.17, 15) is 0 Å². The molecule has 2 aliphatic heterocycles. The van der Waals surface area contributed by atoms with Crippen molar-refractivity contribution >= 4 is 41.5 Å². The minimum absolute atomic E-state index is 0.463. The van der Waals surface area contributed by atoms with Crippen molar-refractivity contribution in [2.75, 3.05) is 50.5 Å². The molecule has 2 fully saturated rings. The van der Waals surface area contributed by atoms with E-state index in [1.165, 1.54) is 32.4 Å². The average molecular weight is 482 g/mol. The SMILES string of the molecule is C1CCNCC1.C=O.CNc1cc(-c2cnc(Cl)c(NCC3CCOCC3)c2)c(Cl)cn1. The Labute approximate surface area is 200 Å². The molecule has 0 bridgehead atoms. The standard InChI is InChI=1S/C17H20Cl2N4O.C5H11N.CH2O/c1-20-16-7-13(14(18)10-22-16)12-6-15(17(19)23-9-12)21-8-11-2-4-24-5-3-11;1-2-4-6-5-3-1;1-2/h6-7,9-11,21H,2-5,8H2,1H3,(H,20,22);6H,1-5H2;1H2. The maximum absolute atomic E-state index is 8.00.